The first-order valence-corrected chi connectivity index (χ1v) is 7.16. The number of nitrogens with one attached hydrogen (secondary N) is 1. The minimum Gasteiger partial charge on any atom is -0.495 e. The summed E-state index contributed by atoms with van der Waals surface area (Å²) in [6.45, 7) is 1.97. The predicted octanol–water partition coefficient (Wildman–Crippen LogP) is 4.23. The fourth-order valence-corrected chi connectivity index (χ4v) is 2.31. The van der Waals surface area contributed by atoms with Crippen LogP contribution in [0.2, 0.25) is 5.02 Å². The van der Waals surface area contributed by atoms with Gasteiger partial charge in [0.1, 0.15) is 5.75 Å². The third kappa shape index (κ3) is 4.23. The molecule has 0 bridgehead atoms. The van der Waals surface area contributed by atoms with Gasteiger partial charge in [-0.05, 0) is 42.7 Å². The van der Waals surface area contributed by atoms with Crippen LogP contribution < -0.4 is 10.1 Å². The van der Waals surface area contributed by atoms with Gasteiger partial charge in [-0.2, -0.15) is 0 Å². The zero-order chi connectivity index (χ0) is 15.2. The molecular formula is C17H18ClNO2. The lowest BCUT2D eigenvalue weighted by atomic mass is 10.1. The number of methoxy groups -OCH3 is 1. The number of benzene rings is 2. The Labute approximate surface area is 129 Å². The molecule has 2 aromatic carbocycles. The van der Waals surface area contributed by atoms with Crippen molar-refractivity contribution in [1.29, 1.82) is 0 Å². The van der Waals surface area contributed by atoms with Gasteiger partial charge in [0, 0.05) is 11.4 Å². The van der Waals surface area contributed by atoms with E-state index in [0.717, 1.165) is 11.1 Å². The number of rotatable bonds is 5. The Morgan fingerprint density at radius 1 is 1.24 bits per heavy atom. The van der Waals surface area contributed by atoms with Crippen LogP contribution in [0.3, 0.4) is 0 Å². The molecule has 0 aliphatic carbocycles. The number of anilines is 1. The molecule has 2 rings (SSSR count). The molecule has 0 spiro atoms. The van der Waals surface area contributed by atoms with Gasteiger partial charge in [-0.3, -0.25) is 4.79 Å². The van der Waals surface area contributed by atoms with Crippen molar-refractivity contribution in [2.75, 3.05) is 12.4 Å². The van der Waals surface area contributed by atoms with Gasteiger partial charge in [0.2, 0.25) is 5.91 Å². The molecule has 0 fully saturated rings. The zero-order valence-electron chi connectivity index (χ0n) is 12.2. The number of hydrogen-bond donors (Lipinski definition) is 1. The van der Waals surface area contributed by atoms with Gasteiger partial charge in [-0.1, -0.05) is 35.9 Å². The van der Waals surface area contributed by atoms with E-state index in [1.165, 1.54) is 0 Å². The zero-order valence-corrected chi connectivity index (χ0v) is 12.9. The average Bonchev–Trinajstić information content (AvgIpc) is 2.47. The topological polar surface area (TPSA) is 38.3 Å². The Bertz CT molecular complexity index is 640. The Balaban J connectivity index is 1.99. The van der Waals surface area contributed by atoms with Gasteiger partial charge in [-0.25, -0.2) is 0 Å². The molecule has 1 N–H and O–H groups in total. The van der Waals surface area contributed by atoms with Gasteiger partial charge in [0.25, 0.3) is 0 Å². The molecule has 0 atom stereocenters. The lowest BCUT2D eigenvalue weighted by molar-refractivity contribution is -0.116. The average molecular weight is 304 g/mol. The van der Waals surface area contributed by atoms with Crippen LogP contribution in [0.1, 0.15) is 17.5 Å². The van der Waals surface area contributed by atoms with E-state index in [4.69, 9.17) is 16.3 Å². The standard InChI is InChI=1S/C17H18ClNO2/c1-12-7-9-16(21-2)15(11-12)19-17(20)10-8-13-5-3-4-6-14(13)18/h3-7,9,11H,8,10H2,1-2H3,(H,19,20). The van der Waals surface area contributed by atoms with Crippen LogP contribution in [-0.2, 0) is 11.2 Å². The number of amides is 1. The number of hydrogen-bond acceptors (Lipinski definition) is 2. The maximum atomic E-state index is 12.1. The second kappa shape index (κ2) is 7.14. The first-order valence-electron chi connectivity index (χ1n) is 6.78. The van der Waals surface area contributed by atoms with Crippen LogP contribution in [0.25, 0.3) is 0 Å². The van der Waals surface area contributed by atoms with E-state index in [1.54, 1.807) is 7.11 Å². The molecule has 0 saturated heterocycles. The van der Waals surface area contributed by atoms with E-state index >= 15 is 0 Å². The van der Waals surface area contributed by atoms with Crippen molar-refractivity contribution in [2.45, 2.75) is 19.8 Å². The lowest BCUT2D eigenvalue weighted by Gasteiger charge is -2.11. The van der Waals surface area contributed by atoms with Crippen molar-refractivity contribution in [3.8, 4) is 5.75 Å². The predicted molar refractivity (Wildman–Crippen MR) is 86.1 cm³/mol. The molecular weight excluding hydrogens is 286 g/mol. The minimum atomic E-state index is -0.0566. The fourth-order valence-electron chi connectivity index (χ4n) is 2.08. The van der Waals surface area contributed by atoms with Gasteiger partial charge >= 0.3 is 0 Å². The molecule has 21 heavy (non-hydrogen) atoms. The smallest absolute Gasteiger partial charge is 0.224 e. The van der Waals surface area contributed by atoms with Crippen LogP contribution >= 0.6 is 11.6 Å². The first-order chi connectivity index (χ1) is 10.1. The van der Waals surface area contributed by atoms with Crippen LogP contribution in [0.15, 0.2) is 42.5 Å². The number of halogens is 1. The third-order valence-corrected chi connectivity index (χ3v) is 3.58. The van der Waals surface area contributed by atoms with Gasteiger partial charge < -0.3 is 10.1 Å². The van der Waals surface area contributed by atoms with E-state index in [0.29, 0.717) is 29.3 Å². The number of ether oxygens (including phenoxy) is 1. The summed E-state index contributed by atoms with van der Waals surface area (Å²) in [4.78, 5) is 12.1. The number of carbonyl (C=O) groups excluding carboxylic acids is 1. The van der Waals surface area contributed by atoms with Crippen LogP contribution in [0.5, 0.6) is 5.75 Å². The first kappa shape index (κ1) is 15.4. The SMILES string of the molecule is COc1ccc(C)cc1NC(=O)CCc1ccccc1Cl. The molecule has 0 aliphatic heterocycles. The summed E-state index contributed by atoms with van der Waals surface area (Å²) in [5.41, 5.74) is 2.74. The van der Waals surface area contributed by atoms with Gasteiger partial charge in [0.05, 0.1) is 12.8 Å². The molecule has 0 radical (unpaired) electrons. The normalized spacial score (nSPS) is 10.2. The molecule has 0 heterocycles. The Hall–Kier alpha value is -2.00. The Kier molecular flexibility index (Phi) is 5.23. The maximum absolute atomic E-state index is 12.1. The second-order valence-electron chi connectivity index (χ2n) is 4.84. The van der Waals surface area contributed by atoms with Crippen molar-refractivity contribution in [3.63, 3.8) is 0 Å². The molecule has 110 valence electrons. The molecule has 0 aliphatic rings. The summed E-state index contributed by atoms with van der Waals surface area (Å²) in [5.74, 6) is 0.602. The highest BCUT2D eigenvalue weighted by Gasteiger charge is 2.09. The fraction of sp³-hybridized carbons (Fsp3) is 0.235. The number of carbonyl (C=O) groups is 1. The molecule has 3 nitrogen and oxygen atoms in total. The molecule has 1 amide bonds. The summed E-state index contributed by atoms with van der Waals surface area (Å²) in [7, 11) is 1.59. The van der Waals surface area contributed by atoms with E-state index in [-0.39, 0.29) is 5.91 Å². The molecule has 4 heteroatoms. The summed E-state index contributed by atoms with van der Waals surface area (Å²) in [6.07, 6.45) is 0.987. The summed E-state index contributed by atoms with van der Waals surface area (Å²) >= 11 is 6.08. The number of aryl methyl sites for hydroxylation is 2. The molecule has 0 aromatic heterocycles. The van der Waals surface area contributed by atoms with Gasteiger partial charge in [0.15, 0.2) is 0 Å². The largest absolute Gasteiger partial charge is 0.495 e. The monoisotopic (exact) mass is 303 g/mol. The van der Waals surface area contributed by atoms with Gasteiger partial charge in [-0.15, -0.1) is 0 Å². The highest BCUT2D eigenvalue weighted by atomic mass is 35.5. The van der Waals surface area contributed by atoms with E-state index in [1.807, 2.05) is 49.4 Å². The van der Waals surface area contributed by atoms with Crippen molar-refractivity contribution < 1.29 is 9.53 Å². The Morgan fingerprint density at radius 2 is 2.00 bits per heavy atom. The Morgan fingerprint density at radius 3 is 2.71 bits per heavy atom. The second-order valence-corrected chi connectivity index (χ2v) is 5.25. The van der Waals surface area contributed by atoms with Crippen molar-refractivity contribution in [1.82, 2.24) is 0 Å². The summed E-state index contributed by atoms with van der Waals surface area (Å²) < 4.78 is 5.25. The van der Waals surface area contributed by atoms with Crippen LogP contribution in [0, 0.1) is 6.92 Å². The minimum absolute atomic E-state index is 0.0566. The third-order valence-electron chi connectivity index (χ3n) is 3.21. The summed E-state index contributed by atoms with van der Waals surface area (Å²) in [6, 6.07) is 13.2. The van der Waals surface area contributed by atoms with E-state index < -0.39 is 0 Å². The summed E-state index contributed by atoms with van der Waals surface area (Å²) in [5, 5.41) is 3.58. The van der Waals surface area contributed by atoms with E-state index in [2.05, 4.69) is 5.32 Å². The molecule has 0 unspecified atom stereocenters. The molecule has 0 saturated carbocycles. The van der Waals surface area contributed by atoms with Crippen molar-refractivity contribution in [3.05, 3.63) is 58.6 Å². The maximum Gasteiger partial charge on any atom is 0.224 e. The lowest BCUT2D eigenvalue weighted by Crippen LogP contribution is -2.13. The van der Waals surface area contributed by atoms with Crippen LogP contribution in [-0.4, -0.2) is 13.0 Å². The highest BCUT2D eigenvalue weighted by molar-refractivity contribution is 6.31. The molecule has 2 aromatic rings. The van der Waals surface area contributed by atoms with Crippen molar-refractivity contribution in [2.24, 2.45) is 0 Å². The van der Waals surface area contributed by atoms with Crippen molar-refractivity contribution >= 4 is 23.2 Å². The quantitative estimate of drug-likeness (QED) is 0.897. The van der Waals surface area contributed by atoms with Crippen LogP contribution in [0.4, 0.5) is 5.69 Å². The van der Waals surface area contributed by atoms with E-state index in [9.17, 15) is 4.79 Å². The highest BCUT2D eigenvalue weighted by Crippen LogP contribution is 2.25.